The molecule has 0 aliphatic heterocycles. The molecule has 112 valence electrons. The quantitative estimate of drug-likeness (QED) is 0.775. The number of nitrogens with two attached hydrogens (primary N) is 1. The van der Waals surface area contributed by atoms with Gasteiger partial charge in [-0.15, -0.1) is 11.3 Å². The van der Waals surface area contributed by atoms with E-state index in [9.17, 15) is 0 Å². The summed E-state index contributed by atoms with van der Waals surface area (Å²) in [6.07, 6.45) is 3.54. The summed E-state index contributed by atoms with van der Waals surface area (Å²) in [6, 6.07) is 11.0. The smallest absolute Gasteiger partial charge is 0.123 e. The molecule has 3 nitrogen and oxygen atoms in total. The Morgan fingerprint density at radius 2 is 2.19 bits per heavy atom. The minimum absolute atomic E-state index is 0.646. The summed E-state index contributed by atoms with van der Waals surface area (Å²) in [6.45, 7) is 3.80. The van der Waals surface area contributed by atoms with Gasteiger partial charge < -0.3 is 15.4 Å². The van der Waals surface area contributed by atoms with E-state index in [1.807, 2.05) is 17.4 Å². The number of rotatable bonds is 7. The second kappa shape index (κ2) is 6.39. The Labute approximate surface area is 130 Å². The molecule has 1 aromatic heterocycles. The maximum Gasteiger partial charge on any atom is 0.123 e. The van der Waals surface area contributed by atoms with E-state index in [1.165, 1.54) is 23.4 Å². The molecule has 2 aromatic rings. The summed E-state index contributed by atoms with van der Waals surface area (Å²) in [4.78, 5) is 3.85. The summed E-state index contributed by atoms with van der Waals surface area (Å²) in [5.74, 6) is 0.878. The molecule has 1 aromatic carbocycles. The first kappa shape index (κ1) is 14.3. The molecule has 0 atom stereocenters. The Balaban J connectivity index is 1.82. The highest BCUT2D eigenvalue weighted by Gasteiger charge is 2.29. The van der Waals surface area contributed by atoms with Crippen LogP contribution in [0, 0.1) is 0 Å². The van der Waals surface area contributed by atoms with Gasteiger partial charge in [-0.05, 0) is 36.8 Å². The Kier molecular flexibility index (Phi) is 4.34. The Morgan fingerprint density at radius 3 is 2.86 bits per heavy atom. The van der Waals surface area contributed by atoms with Crippen LogP contribution in [0.15, 0.2) is 35.7 Å². The van der Waals surface area contributed by atoms with Crippen LogP contribution in [-0.2, 0) is 6.54 Å². The van der Waals surface area contributed by atoms with Crippen LogP contribution in [0.3, 0.4) is 0 Å². The monoisotopic (exact) mass is 302 g/mol. The molecule has 2 N–H and O–H groups in total. The molecule has 0 unspecified atom stereocenters. The van der Waals surface area contributed by atoms with Gasteiger partial charge in [-0.1, -0.05) is 13.0 Å². The van der Waals surface area contributed by atoms with Gasteiger partial charge in [0, 0.05) is 34.4 Å². The molecule has 21 heavy (non-hydrogen) atoms. The van der Waals surface area contributed by atoms with Crippen LogP contribution < -0.4 is 15.4 Å². The second-order valence-electron chi connectivity index (χ2n) is 5.55. The third-order valence-corrected chi connectivity index (χ3v) is 4.47. The first-order valence-corrected chi connectivity index (χ1v) is 8.46. The topological polar surface area (TPSA) is 38.5 Å². The maximum atomic E-state index is 6.06. The summed E-state index contributed by atoms with van der Waals surface area (Å²) in [5.41, 5.74) is 8.01. The number of hydrogen-bond acceptors (Lipinski definition) is 4. The zero-order valence-electron chi connectivity index (χ0n) is 12.4. The number of hydrogen-bond donors (Lipinski definition) is 1. The largest absolute Gasteiger partial charge is 0.493 e. The average Bonchev–Trinajstić information content (AvgIpc) is 3.18. The fraction of sp³-hybridized carbons (Fsp3) is 0.412. The summed E-state index contributed by atoms with van der Waals surface area (Å²) in [5, 5.41) is 2.13. The molecule has 4 heteroatoms. The van der Waals surface area contributed by atoms with Crippen molar-refractivity contribution >= 4 is 22.7 Å². The summed E-state index contributed by atoms with van der Waals surface area (Å²) in [7, 11) is 0. The van der Waals surface area contributed by atoms with Gasteiger partial charge in [-0.2, -0.15) is 0 Å². The van der Waals surface area contributed by atoms with E-state index in [4.69, 9.17) is 10.5 Å². The van der Waals surface area contributed by atoms with Crippen molar-refractivity contribution in [3.05, 3.63) is 40.6 Å². The van der Waals surface area contributed by atoms with Gasteiger partial charge in [0.2, 0.25) is 0 Å². The van der Waals surface area contributed by atoms with E-state index in [-0.39, 0.29) is 0 Å². The number of thiophene rings is 1. The number of benzene rings is 1. The van der Waals surface area contributed by atoms with E-state index in [1.54, 1.807) is 0 Å². The van der Waals surface area contributed by atoms with Crippen LogP contribution in [0.4, 0.5) is 11.4 Å². The lowest BCUT2D eigenvalue weighted by Crippen LogP contribution is -2.24. The zero-order valence-corrected chi connectivity index (χ0v) is 13.2. The Morgan fingerprint density at radius 1 is 1.33 bits per heavy atom. The van der Waals surface area contributed by atoms with Crippen LogP contribution in [-0.4, -0.2) is 12.6 Å². The molecule has 1 aliphatic rings. The van der Waals surface area contributed by atoms with Gasteiger partial charge in [-0.25, -0.2) is 0 Å². The Hall–Kier alpha value is -1.68. The molecule has 0 radical (unpaired) electrons. The highest BCUT2D eigenvalue weighted by atomic mass is 32.1. The van der Waals surface area contributed by atoms with Crippen LogP contribution >= 0.6 is 11.3 Å². The van der Waals surface area contributed by atoms with Crippen molar-refractivity contribution in [2.75, 3.05) is 17.2 Å². The summed E-state index contributed by atoms with van der Waals surface area (Å²) >= 11 is 1.81. The van der Waals surface area contributed by atoms with Gasteiger partial charge in [0.25, 0.3) is 0 Å². The SMILES string of the molecule is CCCOc1cc(N)cc(N(Cc2cccs2)C2CC2)c1. The van der Waals surface area contributed by atoms with E-state index < -0.39 is 0 Å². The molecule has 1 aliphatic carbocycles. The van der Waals surface area contributed by atoms with Crippen molar-refractivity contribution in [2.45, 2.75) is 38.8 Å². The van der Waals surface area contributed by atoms with E-state index in [2.05, 4.69) is 41.5 Å². The minimum atomic E-state index is 0.646. The van der Waals surface area contributed by atoms with Gasteiger partial charge in [0.1, 0.15) is 5.75 Å². The van der Waals surface area contributed by atoms with Crippen LogP contribution in [0.1, 0.15) is 31.1 Å². The maximum absolute atomic E-state index is 6.06. The number of nitrogens with zero attached hydrogens (tertiary/aromatic N) is 1. The van der Waals surface area contributed by atoms with E-state index in [0.29, 0.717) is 6.04 Å². The van der Waals surface area contributed by atoms with Crippen molar-refractivity contribution in [1.29, 1.82) is 0 Å². The fourth-order valence-electron chi connectivity index (χ4n) is 2.46. The van der Waals surface area contributed by atoms with Gasteiger partial charge in [0.15, 0.2) is 0 Å². The first-order chi connectivity index (χ1) is 10.3. The molecular weight excluding hydrogens is 280 g/mol. The molecule has 0 bridgehead atoms. The van der Waals surface area contributed by atoms with E-state index in [0.717, 1.165) is 31.0 Å². The molecule has 3 rings (SSSR count). The number of nitrogen functional groups attached to an aromatic ring is 1. The van der Waals surface area contributed by atoms with Crippen molar-refractivity contribution in [2.24, 2.45) is 0 Å². The lowest BCUT2D eigenvalue weighted by Gasteiger charge is -2.25. The molecular formula is C17H22N2OS. The van der Waals surface area contributed by atoms with Crippen molar-refractivity contribution in [1.82, 2.24) is 0 Å². The Bertz CT molecular complexity index is 578. The van der Waals surface area contributed by atoms with Crippen LogP contribution in [0.25, 0.3) is 0 Å². The van der Waals surface area contributed by atoms with Gasteiger partial charge >= 0.3 is 0 Å². The lowest BCUT2D eigenvalue weighted by molar-refractivity contribution is 0.317. The first-order valence-electron chi connectivity index (χ1n) is 7.58. The predicted molar refractivity (Wildman–Crippen MR) is 90.2 cm³/mol. The molecule has 1 heterocycles. The predicted octanol–water partition coefficient (Wildman–Crippen LogP) is 4.29. The summed E-state index contributed by atoms with van der Waals surface area (Å²) < 4.78 is 5.76. The molecule has 1 saturated carbocycles. The van der Waals surface area contributed by atoms with Crippen molar-refractivity contribution in [3.63, 3.8) is 0 Å². The fourth-order valence-corrected chi connectivity index (χ4v) is 3.17. The normalized spacial score (nSPS) is 14.1. The van der Waals surface area contributed by atoms with Crippen LogP contribution in [0.2, 0.25) is 0 Å². The number of anilines is 2. The average molecular weight is 302 g/mol. The van der Waals surface area contributed by atoms with Gasteiger partial charge in [0.05, 0.1) is 13.2 Å². The standard InChI is InChI=1S/C17H22N2OS/c1-2-7-20-16-10-13(18)9-15(11-16)19(14-5-6-14)12-17-4-3-8-21-17/h3-4,8-11,14H,2,5-7,12,18H2,1H3. The molecule has 0 saturated heterocycles. The third kappa shape index (κ3) is 3.70. The molecule has 0 amide bonds. The van der Waals surface area contributed by atoms with Crippen LogP contribution in [0.5, 0.6) is 5.75 Å². The highest BCUT2D eigenvalue weighted by Crippen LogP contribution is 2.36. The van der Waals surface area contributed by atoms with Crippen molar-refractivity contribution in [3.8, 4) is 5.75 Å². The molecule has 0 spiro atoms. The lowest BCUT2D eigenvalue weighted by atomic mass is 10.2. The number of ether oxygens (including phenoxy) is 1. The zero-order chi connectivity index (χ0) is 14.7. The van der Waals surface area contributed by atoms with E-state index >= 15 is 0 Å². The van der Waals surface area contributed by atoms with Gasteiger partial charge in [-0.3, -0.25) is 0 Å². The highest BCUT2D eigenvalue weighted by molar-refractivity contribution is 7.09. The third-order valence-electron chi connectivity index (χ3n) is 3.61. The second-order valence-corrected chi connectivity index (χ2v) is 6.58. The van der Waals surface area contributed by atoms with Crippen molar-refractivity contribution < 1.29 is 4.74 Å². The minimum Gasteiger partial charge on any atom is -0.493 e. The molecule has 1 fully saturated rings.